The standard InChI is InChI=1S/C15H15Cl2N3O2/c16-11-5-4-10(12(17)8-11)9-18-20-13(21)15(19-14(20)22)6-2-1-3-7-15/h4-5,8-9H,1-3,6-7H2,(H,19,22). The van der Waals surface area contributed by atoms with Gasteiger partial charge in [0.05, 0.1) is 11.2 Å². The van der Waals surface area contributed by atoms with Crippen LogP contribution in [0.25, 0.3) is 0 Å². The van der Waals surface area contributed by atoms with Crippen molar-refractivity contribution in [1.82, 2.24) is 10.3 Å². The van der Waals surface area contributed by atoms with Gasteiger partial charge in [-0.2, -0.15) is 5.10 Å². The van der Waals surface area contributed by atoms with Crippen molar-refractivity contribution in [2.24, 2.45) is 5.10 Å². The highest BCUT2D eigenvalue weighted by atomic mass is 35.5. The average Bonchev–Trinajstić information content (AvgIpc) is 2.71. The van der Waals surface area contributed by atoms with E-state index in [4.69, 9.17) is 23.2 Å². The highest BCUT2D eigenvalue weighted by Crippen LogP contribution is 2.33. The topological polar surface area (TPSA) is 61.8 Å². The predicted molar refractivity (Wildman–Crippen MR) is 85.2 cm³/mol. The molecule has 116 valence electrons. The maximum absolute atomic E-state index is 12.5. The van der Waals surface area contributed by atoms with Gasteiger partial charge in [0.15, 0.2) is 0 Å². The van der Waals surface area contributed by atoms with Gasteiger partial charge < -0.3 is 5.32 Å². The zero-order chi connectivity index (χ0) is 15.7. The van der Waals surface area contributed by atoms with Crippen LogP contribution in [0.1, 0.15) is 37.7 Å². The van der Waals surface area contributed by atoms with Crippen molar-refractivity contribution >= 4 is 41.4 Å². The maximum atomic E-state index is 12.5. The first-order valence-corrected chi connectivity index (χ1v) is 7.93. The van der Waals surface area contributed by atoms with E-state index >= 15 is 0 Å². The highest BCUT2D eigenvalue weighted by molar-refractivity contribution is 6.36. The van der Waals surface area contributed by atoms with Gasteiger partial charge in [-0.25, -0.2) is 4.79 Å². The molecule has 0 unspecified atom stereocenters. The van der Waals surface area contributed by atoms with Gasteiger partial charge in [-0.1, -0.05) is 48.5 Å². The van der Waals surface area contributed by atoms with Crippen molar-refractivity contribution in [3.05, 3.63) is 33.8 Å². The molecule has 1 N–H and O–H groups in total. The Hall–Kier alpha value is -1.59. The number of nitrogens with zero attached hydrogens (tertiary/aromatic N) is 2. The number of hydrogen-bond acceptors (Lipinski definition) is 3. The van der Waals surface area contributed by atoms with Crippen LogP contribution in [0.2, 0.25) is 10.0 Å². The second kappa shape index (κ2) is 5.89. The first kappa shape index (κ1) is 15.3. The van der Waals surface area contributed by atoms with Crippen molar-refractivity contribution in [2.75, 3.05) is 0 Å². The lowest BCUT2D eigenvalue weighted by atomic mass is 9.82. The normalized spacial score (nSPS) is 20.9. The maximum Gasteiger partial charge on any atom is 0.346 e. The summed E-state index contributed by atoms with van der Waals surface area (Å²) in [4.78, 5) is 24.6. The number of urea groups is 1. The van der Waals surface area contributed by atoms with Crippen molar-refractivity contribution in [3.8, 4) is 0 Å². The number of nitrogens with one attached hydrogen (secondary N) is 1. The number of rotatable bonds is 2. The lowest BCUT2D eigenvalue weighted by Gasteiger charge is -2.29. The monoisotopic (exact) mass is 339 g/mol. The van der Waals surface area contributed by atoms with Crippen molar-refractivity contribution in [2.45, 2.75) is 37.6 Å². The number of carbonyl (C=O) groups is 2. The van der Waals surface area contributed by atoms with Gasteiger partial charge in [0, 0.05) is 10.6 Å². The van der Waals surface area contributed by atoms with E-state index in [1.54, 1.807) is 18.2 Å². The Morgan fingerprint density at radius 3 is 2.59 bits per heavy atom. The number of halogens is 2. The Morgan fingerprint density at radius 1 is 1.18 bits per heavy atom. The van der Waals surface area contributed by atoms with Crippen LogP contribution in [0.15, 0.2) is 23.3 Å². The van der Waals surface area contributed by atoms with Crippen LogP contribution < -0.4 is 5.32 Å². The first-order valence-electron chi connectivity index (χ1n) is 7.18. The van der Waals surface area contributed by atoms with Crippen LogP contribution in [-0.4, -0.2) is 28.7 Å². The molecule has 1 aromatic carbocycles. The molecule has 3 rings (SSSR count). The van der Waals surface area contributed by atoms with Crippen molar-refractivity contribution in [3.63, 3.8) is 0 Å². The third-order valence-electron chi connectivity index (χ3n) is 4.12. The summed E-state index contributed by atoms with van der Waals surface area (Å²) in [6.45, 7) is 0. The molecule has 2 fully saturated rings. The van der Waals surface area contributed by atoms with Gasteiger partial charge >= 0.3 is 6.03 Å². The van der Waals surface area contributed by atoms with E-state index in [-0.39, 0.29) is 5.91 Å². The Balaban J connectivity index is 1.81. The molecule has 0 atom stereocenters. The Bertz CT molecular complexity index is 654. The molecule has 1 heterocycles. The first-order chi connectivity index (χ1) is 10.5. The van der Waals surface area contributed by atoms with Crippen molar-refractivity contribution < 1.29 is 9.59 Å². The third-order valence-corrected chi connectivity index (χ3v) is 4.68. The molecule has 0 aromatic heterocycles. The molecule has 2 aliphatic rings. The van der Waals surface area contributed by atoms with E-state index in [0.29, 0.717) is 28.5 Å². The summed E-state index contributed by atoms with van der Waals surface area (Å²) < 4.78 is 0. The number of carbonyl (C=O) groups excluding carboxylic acids is 2. The van der Waals surface area contributed by atoms with E-state index in [0.717, 1.165) is 24.3 Å². The van der Waals surface area contributed by atoms with Crippen LogP contribution in [0.5, 0.6) is 0 Å². The summed E-state index contributed by atoms with van der Waals surface area (Å²) in [5.41, 5.74) is -0.174. The van der Waals surface area contributed by atoms with Gasteiger partial charge in [-0.3, -0.25) is 4.79 Å². The SMILES string of the molecule is O=C1NC2(CCCCC2)C(=O)N1N=Cc1ccc(Cl)cc1Cl. The molecule has 5 nitrogen and oxygen atoms in total. The second-order valence-corrected chi connectivity index (χ2v) is 6.44. The van der Waals surface area contributed by atoms with E-state index < -0.39 is 11.6 Å². The molecular formula is C15H15Cl2N3O2. The lowest BCUT2D eigenvalue weighted by molar-refractivity contribution is -0.132. The van der Waals surface area contributed by atoms with Gasteiger partial charge in [0.25, 0.3) is 5.91 Å². The molecule has 1 aliphatic heterocycles. The number of amides is 3. The van der Waals surface area contributed by atoms with Gasteiger partial charge in [-0.05, 0) is 25.0 Å². The summed E-state index contributed by atoms with van der Waals surface area (Å²) >= 11 is 11.9. The van der Waals surface area contributed by atoms with E-state index in [1.807, 2.05) is 0 Å². The van der Waals surface area contributed by atoms with Crippen LogP contribution in [0.3, 0.4) is 0 Å². The quantitative estimate of drug-likeness (QED) is 0.661. The predicted octanol–water partition coefficient (Wildman–Crippen LogP) is 3.58. The molecule has 0 radical (unpaired) electrons. The van der Waals surface area contributed by atoms with Crippen LogP contribution in [-0.2, 0) is 4.79 Å². The summed E-state index contributed by atoms with van der Waals surface area (Å²) in [5.74, 6) is -0.279. The largest absolute Gasteiger partial charge is 0.346 e. The summed E-state index contributed by atoms with van der Waals surface area (Å²) in [5, 5.41) is 8.64. The second-order valence-electron chi connectivity index (χ2n) is 5.60. The number of imide groups is 1. The van der Waals surface area contributed by atoms with Crippen molar-refractivity contribution in [1.29, 1.82) is 0 Å². The number of hydrogen-bond donors (Lipinski definition) is 1. The summed E-state index contributed by atoms with van der Waals surface area (Å²) in [6, 6.07) is 4.46. The van der Waals surface area contributed by atoms with Gasteiger partial charge in [0.1, 0.15) is 5.54 Å². The molecule has 1 saturated carbocycles. The molecule has 1 saturated heterocycles. The van der Waals surface area contributed by atoms with Crippen LogP contribution in [0, 0.1) is 0 Å². The molecule has 3 amide bonds. The Morgan fingerprint density at radius 2 is 1.91 bits per heavy atom. The highest BCUT2D eigenvalue weighted by Gasteiger charge is 2.51. The summed E-state index contributed by atoms with van der Waals surface area (Å²) in [6.07, 6.45) is 5.71. The zero-order valence-corrected chi connectivity index (χ0v) is 13.3. The minimum Gasteiger partial charge on any atom is -0.321 e. The van der Waals surface area contributed by atoms with E-state index in [1.165, 1.54) is 6.21 Å². The van der Waals surface area contributed by atoms with Crippen LogP contribution in [0.4, 0.5) is 4.79 Å². The fourth-order valence-electron chi connectivity index (χ4n) is 2.93. The van der Waals surface area contributed by atoms with E-state index in [9.17, 15) is 9.59 Å². The minimum absolute atomic E-state index is 0.279. The third kappa shape index (κ3) is 2.71. The van der Waals surface area contributed by atoms with Gasteiger partial charge in [0.2, 0.25) is 0 Å². The zero-order valence-electron chi connectivity index (χ0n) is 11.8. The lowest BCUT2D eigenvalue weighted by Crippen LogP contribution is -2.48. The fourth-order valence-corrected chi connectivity index (χ4v) is 3.39. The molecular weight excluding hydrogens is 325 g/mol. The molecule has 1 aromatic rings. The minimum atomic E-state index is -0.767. The smallest absolute Gasteiger partial charge is 0.321 e. The number of hydrazone groups is 1. The van der Waals surface area contributed by atoms with E-state index in [2.05, 4.69) is 10.4 Å². The molecule has 0 bridgehead atoms. The molecule has 1 aliphatic carbocycles. The Kier molecular flexibility index (Phi) is 4.10. The summed E-state index contributed by atoms with van der Waals surface area (Å²) in [7, 11) is 0. The average molecular weight is 340 g/mol. The molecule has 7 heteroatoms. The Labute approximate surface area is 138 Å². The fraction of sp³-hybridized carbons (Fsp3) is 0.400. The number of benzene rings is 1. The van der Waals surface area contributed by atoms with Gasteiger partial charge in [-0.15, -0.1) is 5.01 Å². The molecule has 1 spiro atoms. The van der Waals surface area contributed by atoms with Crippen LogP contribution >= 0.6 is 23.2 Å². The molecule has 22 heavy (non-hydrogen) atoms.